The van der Waals surface area contributed by atoms with Crippen LogP contribution < -0.4 is 14.9 Å². The van der Waals surface area contributed by atoms with Crippen LogP contribution in [0.3, 0.4) is 0 Å². The Morgan fingerprint density at radius 2 is 2.18 bits per heavy atom. The van der Waals surface area contributed by atoms with Gasteiger partial charge in [0.25, 0.3) is 0 Å². The smallest absolute Gasteiger partial charge is 0.492 e. The van der Waals surface area contributed by atoms with Gasteiger partial charge in [-0.3, -0.25) is 0 Å². The molecule has 0 aliphatic heterocycles. The van der Waals surface area contributed by atoms with Crippen LogP contribution in [-0.2, 0) is 0 Å². The van der Waals surface area contributed by atoms with Gasteiger partial charge in [-0.25, -0.2) is 0 Å². The van der Waals surface area contributed by atoms with E-state index in [9.17, 15) is 10.0 Å². The van der Waals surface area contributed by atoms with Crippen LogP contribution in [0.5, 0.6) is 11.5 Å². The molecule has 0 atom stereocenters. The van der Waals surface area contributed by atoms with E-state index in [2.05, 4.69) is 6.58 Å². The van der Waals surface area contributed by atoms with E-state index >= 15 is 0 Å². The molecule has 0 fully saturated rings. The number of rotatable bonds is 7. The van der Waals surface area contributed by atoms with Gasteiger partial charge in [-0.2, -0.15) is 0 Å². The summed E-state index contributed by atoms with van der Waals surface area (Å²) in [5.74, 6) is 1.02. The molecule has 4 nitrogen and oxygen atoms in total. The number of allylic oxidation sites excluding steroid dienone is 1. The molecule has 1 rings (SSSR count). The lowest BCUT2D eigenvalue weighted by Crippen LogP contribution is -2.31. The van der Waals surface area contributed by atoms with Gasteiger partial charge < -0.3 is 19.5 Å². The van der Waals surface area contributed by atoms with Gasteiger partial charge in [-0.05, 0) is 31.0 Å². The molecule has 0 radical (unpaired) electrons. The molecule has 0 saturated heterocycles. The van der Waals surface area contributed by atoms with E-state index in [-0.39, 0.29) is 0 Å². The summed E-state index contributed by atoms with van der Waals surface area (Å²) >= 11 is 0. The summed E-state index contributed by atoms with van der Waals surface area (Å²) in [5.41, 5.74) is 0.308. The van der Waals surface area contributed by atoms with E-state index in [1.54, 1.807) is 18.2 Å². The SMILES string of the molecule is C=CCCCOc1ccc(OC)cc1B(O)O. The second kappa shape index (κ2) is 6.99. The number of methoxy groups -OCH3 is 1. The third-order valence-electron chi connectivity index (χ3n) is 2.31. The molecule has 0 unspecified atom stereocenters. The van der Waals surface area contributed by atoms with Crippen LogP contribution in [0.2, 0.25) is 0 Å². The lowest BCUT2D eigenvalue weighted by Gasteiger charge is -2.12. The maximum absolute atomic E-state index is 9.23. The third kappa shape index (κ3) is 4.13. The Morgan fingerprint density at radius 3 is 2.76 bits per heavy atom. The molecule has 0 spiro atoms. The van der Waals surface area contributed by atoms with E-state index in [1.807, 2.05) is 6.08 Å². The van der Waals surface area contributed by atoms with Crippen molar-refractivity contribution in [3.63, 3.8) is 0 Å². The summed E-state index contributed by atoms with van der Waals surface area (Å²) < 4.78 is 10.5. The van der Waals surface area contributed by atoms with Crippen LogP contribution in [0.25, 0.3) is 0 Å². The normalized spacial score (nSPS) is 9.82. The van der Waals surface area contributed by atoms with E-state index in [4.69, 9.17) is 9.47 Å². The Hall–Kier alpha value is -1.46. The molecule has 17 heavy (non-hydrogen) atoms. The first-order valence-corrected chi connectivity index (χ1v) is 5.46. The van der Waals surface area contributed by atoms with E-state index in [1.165, 1.54) is 7.11 Å². The molecule has 0 saturated carbocycles. The minimum Gasteiger partial charge on any atom is -0.497 e. The first kappa shape index (κ1) is 13.6. The Kier molecular flexibility index (Phi) is 5.59. The number of ether oxygens (including phenoxy) is 2. The van der Waals surface area contributed by atoms with Crippen molar-refractivity contribution >= 4 is 12.6 Å². The molecule has 0 aliphatic carbocycles. The Bertz CT molecular complexity index is 366. The Labute approximate surface area is 102 Å². The summed E-state index contributed by atoms with van der Waals surface area (Å²) in [6.07, 6.45) is 3.53. The van der Waals surface area contributed by atoms with Crippen molar-refractivity contribution in [2.24, 2.45) is 0 Å². The average Bonchev–Trinajstić information content (AvgIpc) is 2.34. The lowest BCUT2D eigenvalue weighted by molar-refractivity contribution is 0.311. The Balaban J connectivity index is 2.72. The van der Waals surface area contributed by atoms with Crippen molar-refractivity contribution in [2.75, 3.05) is 13.7 Å². The zero-order chi connectivity index (χ0) is 12.7. The summed E-state index contributed by atoms with van der Waals surface area (Å²) in [5, 5.41) is 18.5. The number of benzene rings is 1. The summed E-state index contributed by atoms with van der Waals surface area (Å²) in [6, 6.07) is 4.93. The molecule has 0 aromatic heterocycles. The van der Waals surface area contributed by atoms with Gasteiger partial charge in [0.2, 0.25) is 0 Å². The zero-order valence-corrected chi connectivity index (χ0v) is 9.93. The number of hydrogen-bond acceptors (Lipinski definition) is 4. The number of hydrogen-bond donors (Lipinski definition) is 2. The van der Waals surface area contributed by atoms with Crippen molar-refractivity contribution < 1.29 is 19.5 Å². The molecule has 1 aromatic rings. The number of unbranched alkanes of at least 4 members (excludes halogenated alkanes) is 1. The first-order valence-electron chi connectivity index (χ1n) is 5.46. The van der Waals surface area contributed by atoms with Crippen molar-refractivity contribution in [3.05, 3.63) is 30.9 Å². The second-order valence-electron chi connectivity index (χ2n) is 3.56. The van der Waals surface area contributed by atoms with Gasteiger partial charge in [-0.15, -0.1) is 6.58 Å². The minimum atomic E-state index is -1.57. The fraction of sp³-hybridized carbons (Fsp3) is 0.333. The molecular weight excluding hydrogens is 219 g/mol. The van der Waals surface area contributed by atoms with E-state index in [0.29, 0.717) is 23.6 Å². The molecule has 0 aliphatic rings. The molecular formula is C12H17BO4. The molecule has 1 aromatic carbocycles. The van der Waals surface area contributed by atoms with E-state index in [0.717, 1.165) is 12.8 Å². The lowest BCUT2D eigenvalue weighted by atomic mass is 9.79. The average molecular weight is 236 g/mol. The molecule has 0 amide bonds. The predicted molar refractivity (Wildman–Crippen MR) is 67.7 cm³/mol. The van der Waals surface area contributed by atoms with Crippen molar-refractivity contribution in [2.45, 2.75) is 12.8 Å². The largest absolute Gasteiger partial charge is 0.497 e. The van der Waals surface area contributed by atoms with Gasteiger partial charge in [0.05, 0.1) is 13.7 Å². The summed E-state index contributed by atoms with van der Waals surface area (Å²) in [4.78, 5) is 0. The van der Waals surface area contributed by atoms with Gasteiger partial charge in [0, 0.05) is 5.46 Å². The maximum Gasteiger partial charge on any atom is 0.492 e. The molecule has 0 bridgehead atoms. The van der Waals surface area contributed by atoms with Crippen LogP contribution in [0.1, 0.15) is 12.8 Å². The van der Waals surface area contributed by atoms with Gasteiger partial charge in [0.15, 0.2) is 0 Å². The summed E-state index contributed by atoms with van der Waals surface area (Å²) in [6.45, 7) is 4.13. The van der Waals surface area contributed by atoms with Crippen LogP contribution in [0.15, 0.2) is 30.9 Å². The van der Waals surface area contributed by atoms with Crippen LogP contribution in [0, 0.1) is 0 Å². The maximum atomic E-state index is 9.23. The molecule has 5 heteroatoms. The molecule has 2 N–H and O–H groups in total. The fourth-order valence-electron chi connectivity index (χ4n) is 1.40. The highest BCUT2D eigenvalue weighted by Crippen LogP contribution is 2.16. The third-order valence-corrected chi connectivity index (χ3v) is 2.31. The fourth-order valence-corrected chi connectivity index (χ4v) is 1.40. The Morgan fingerprint density at radius 1 is 1.41 bits per heavy atom. The van der Waals surface area contributed by atoms with Crippen molar-refractivity contribution in [1.82, 2.24) is 0 Å². The van der Waals surface area contributed by atoms with Crippen LogP contribution >= 0.6 is 0 Å². The standard InChI is InChI=1S/C12H17BO4/c1-3-4-5-8-17-12-7-6-10(16-2)9-11(12)13(14)15/h3,6-7,9,14-15H,1,4-5,8H2,2H3. The molecule has 0 heterocycles. The quantitative estimate of drug-likeness (QED) is 0.416. The monoisotopic (exact) mass is 236 g/mol. The second-order valence-corrected chi connectivity index (χ2v) is 3.56. The first-order chi connectivity index (χ1) is 8.19. The van der Waals surface area contributed by atoms with Gasteiger partial charge in [0.1, 0.15) is 11.5 Å². The van der Waals surface area contributed by atoms with E-state index < -0.39 is 7.12 Å². The van der Waals surface area contributed by atoms with Crippen molar-refractivity contribution in [3.8, 4) is 11.5 Å². The topological polar surface area (TPSA) is 58.9 Å². The molecule has 92 valence electrons. The van der Waals surface area contributed by atoms with Gasteiger partial charge in [-0.1, -0.05) is 6.08 Å². The van der Waals surface area contributed by atoms with Crippen LogP contribution in [-0.4, -0.2) is 30.9 Å². The predicted octanol–water partition coefficient (Wildman–Crippen LogP) is 0.720. The minimum absolute atomic E-state index is 0.308. The zero-order valence-electron chi connectivity index (χ0n) is 9.93. The van der Waals surface area contributed by atoms with Gasteiger partial charge >= 0.3 is 7.12 Å². The summed E-state index contributed by atoms with van der Waals surface area (Å²) in [7, 11) is -0.0486. The highest BCUT2D eigenvalue weighted by atomic mass is 16.5. The van der Waals surface area contributed by atoms with Crippen molar-refractivity contribution in [1.29, 1.82) is 0 Å². The highest BCUT2D eigenvalue weighted by Gasteiger charge is 2.18. The van der Waals surface area contributed by atoms with Crippen LogP contribution in [0.4, 0.5) is 0 Å². The highest BCUT2D eigenvalue weighted by molar-refractivity contribution is 6.59.